The molecule has 0 bridgehead atoms. The van der Waals surface area contributed by atoms with E-state index in [1.807, 2.05) is 37.3 Å². The maximum absolute atomic E-state index is 14.5. The summed E-state index contributed by atoms with van der Waals surface area (Å²) in [7, 11) is -1.40. The van der Waals surface area contributed by atoms with Gasteiger partial charge in [-0.3, -0.25) is 13.9 Å². The third-order valence-electron chi connectivity index (χ3n) is 7.63. The lowest BCUT2D eigenvalue weighted by molar-refractivity contribution is -0.140. The molecule has 0 aromatic heterocycles. The van der Waals surface area contributed by atoms with Gasteiger partial charge in [0.25, 0.3) is 10.0 Å². The zero-order chi connectivity index (χ0) is 33.8. The molecule has 0 fully saturated rings. The van der Waals surface area contributed by atoms with Gasteiger partial charge < -0.3 is 19.7 Å². The first-order valence-electron chi connectivity index (χ1n) is 15.3. The van der Waals surface area contributed by atoms with E-state index in [0.717, 1.165) is 22.7 Å². The minimum Gasteiger partial charge on any atom is -0.493 e. The fraction of sp³-hybridized carbons (Fsp3) is 0.278. The van der Waals surface area contributed by atoms with Crippen LogP contribution in [0.5, 0.6) is 11.5 Å². The Bertz CT molecular complexity index is 1720. The highest BCUT2D eigenvalue weighted by Gasteiger charge is 2.35. The number of hydrogen-bond donors (Lipinski definition) is 1. The fourth-order valence-electron chi connectivity index (χ4n) is 5.08. The van der Waals surface area contributed by atoms with E-state index in [9.17, 15) is 22.4 Å². The van der Waals surface area contributed by atoms with E-state index in [4.69, 9.17) is 9.47 Å². The minimum absolute atomic E-state index is 0.0224. The number of methoxy groups -OCH3 is 2. The van der Waals surface area contributed by atoms with Crippen LogP contribution in [0, 0.1) is 5.82 Å². The Kier molecular flexibility index (Phi) is 12.3. The van der Waals surface area contributed by atoms with Crippen molar-refractivity contribution in [3.63, 3.8) is 0 Å². The number of carbonyl (C=O) groups excluding carboxylic acids is 2. The van der Waals surface area contributed by atoms with Crippen LogP contribution in [0.2, 0.25) is 0 Å². The van der Waals surface area contributed by atoms with Crippen molar-refractivity contribution >= 4 is 27.5 Å². The lowest BCUT2D eigenvalue weighted by Crippen LogP contribution is -2.53. The first kappa shape index (κ1) is 35.0. The molecule has 4 aromatic rings. The highest BCUT2D eigenvalue weighted by atomic mass is 32.2. The molecule has 248 valence electrons. The van der Waals surface area contributed by atoms with Crippen molar-refractivity contribution in [2.45, 2.75) is 43.7 Å². The van der Waals surface area contributed by atoms with Crippen LogP contribution in [0.3, 0.4) is 0 Å². The fourth-order valence-corrected chi connectivity index (χ4v) is 6.50. The SMILES string of the molecule is CCCCNC(=O)C(Cc1ccccc1)N(Cc1ccc(F)cc1)C(=O)CN(c1ccc(OC)c(OC)c1)S(=O)(=O)c1ccccc1. The smallest absolute Gasteiger partial charge is 0.264 e. The van der Waals surface area contributed by atoms with Crippen molar-refractivity contribution < 1.29 is 31.9 Å². The van der Waals surface area contributed by atoms with Gasteiger partial charge in [-0.1, -0.05) is 74.0 Å². The summed E-state index contributed by atoms with van der Waals surface area (Å²) < 4.78 is 54.0. The average molecular weight is 662 g/mol. The maximum atomic E-state index is 14.5. The Morgan fingerprint density at radius 2 is 1.47 bits per heavy atom. The molecule has 0 heterocycles. The standard InChI is InChI=1S/C36H40FN3O6S/c1-4-5-22-38-36(42)32(23-27-12-8-6-9-13-27)39(25-28-16-18-29(37)19-17-28)35(41)26-40(47(43,44)31-14-10-7-11-15-31)30-20-21-33(45-2)34(24-30)46-3/h6-21,24,32H,4-5,22-23,25-26H2,1-3H3,(H,38,42). The van der Waals surface area contributed by atoms with Crippen LogP contribution < -0.4 is 19.1 Å². The van der Waals surface area contributed by atoms with E-state index in [0.29, 0.717) is 17.9 Å². The summed E-state index contributed by atoms with van der Waals surface area (Å²) in [6, 6.07) is 26.3. The van der Waals surface area contributed by atoms with Crippen LogP contribution in [-0.2, 0) is 32.6 Å². The summed E-state index contributed by atoms with van der Waals surface area (Å²) in [5, 5.41) is 2.95. The quantitative estimate of drug-likeness (QED) is 0.157. The number of halogens is 1. The molecule has 0 aliphatic rings. The highest BCUT2D eigenvalue weighted by molar-refractivity contribution is 7.92. The molecular formula is C36H40FN3O6S. The Labute approximate surface area is 276 Å². The van der Waals surface area contributed by atoms with Crippen molar-refractivity contribution in [3.8, 4) is 11.5 Å². The number of benzene rings is 4. The summed E-state index contributed by atoms with van der Waals surface area (Å²) in [6.45, 7) is 1.72. The van der Waals surface area contributed by atoms with Crippen LogP contribution in [0.1, 0.15) is 30.9 Å². The summed E-state index contributed by atoms with van der Waals surface area (Å²) in [4.78, 5) is 29.7. The molecule has 2 amide bonds. The molecule has 0 spiro atoms. The van der Waals surface area contributed by atoms with E-state index in [-0.39, 0.29) is 35.2 Å². The summed E-state index contributed by atoms with van der Waals surface area (Å²) in [5.41, 5.74) is 1.55. The van der Waals surface area contributed by atoms with E-state index in [1.54, 1.807) is 24.3 Å². The third-order valence-corrected chi connectivity index (χ3v) is 9.42. The van der Waals surface area contributed by atoms with Gasteiger partial charge in [-0.05, 0) is 53.9 Å². The van der Waals surface area contributed by atoms with Gasteiger partial charge in [-0.2, -0.15) is 0 Å². The molecule has 0 saturated heterocycles. The maximum Gasteiger partial charge on any atom is 0.264 e. The molecule has 0 radical (unpaired) electrons. The molecule has 47 heavy (non-hydrogen) atoms. The number of nitrogens with zero attached hydrogens (tertiary/aromatic N) is 2. The molecule has 9 nitrogen and oxygen atoms in total. The van der Waals surface area contributed by atoms with E-state index in [2.05, 4.69) is 5.32 Å². The second kappa shape index (κ2) is 16.6. The number of carbonyl (C=O) groups is 2. The summed E-state index contributed by atoms with van der Waals surface area (Å²) in [5.74, 6) is -0.801. The van der Waals surface area contributed by atoms with Gasteiger partial charge in [0.1, 0.15) is 18.4 Å². The lowest BCUT2D eigenvalue weighted by atomic mass is 10.0. The van der Waals surface area contributed by atoms with Crippen LogP contribution in [0.15, 0.2) is 108 Å². The van der Waals surface area contributed by atoms with Crippen LogP contribution in [0.25, 0.3) is 0 Å². The largest absolute Gasteiger partial charge is 0.493 e. The Balaban J connectivity index is 1.81. The number of anilines is 1. The van der Waals surface area contributed by atoms with Gasteiger partial charge in [-0.25, -0.2) is 12.8 Å². The molecule has 4 aromatic carbocycles. The van der Waals surface area contributed by atoms with Gasteiger partial charge in [-0.15, -0.1) is 0 Å². The minimum atomic E-state index is -4.29. The summed E-state index contributed by atoms with van der Waals surface area (Å²) >= 11 is 0. The molecule has 11 heteroatoms. The van der Waals surface area contributed by atoms with Crippen molar-refractivity contribution in [1.29, 1.82) is 0 Å². The zero-order valence-corrected chi connectivity index (χ0v) is 27.6. The highest BCUT2D eigenvalue weighted by Crippen LogP contribution is 2.34. The van der Waals surface area contributed by atoms with Crippen LogP contribution in [-0.4, -0.2) is 58.5 Å². The molecular weight excluding hydrogens is 621 g/mol. The molecule has 1 atom stereocenters. The molecule has 4 rings (SSSR count). The number of hydrogen-bond acceptors (Lipinski definition) is 6. The number of rotatable bonds is 16. The Morgan fingerprint density at radius 3 is 2.09 bits per heavy atom. The third kappa shape index (κ3) is 9.10. The first-order valence-corrected chi connectivity index (χ1v) is 16.8. The number of sulfonamides is 1. The Hall–Kier alpha value is -4.90. The molecule has 1 unspecified atom stereocenters. The lowest BCUT2D eigenvalue weighted by Gasteiger charge is -2.34. The molecule has 0 saturated carbocycles. The van der Waals surface area contributed by atoms with Crippen molar-refractivity contribution in [2.24, 2.45) is 0 Å². The van der Waals surface area contributed by atoms with Gasteiger partial charge in [0.2, 0.25) is 11.8 Å². The van der Waals surface area contributed by atoms with Gasteiger partial charge in [0.05, 0.1) is 24.8 Å². The van der Waals surface area contributed by atoms with Crippen LogP contribution in [0.4, 0.5) is 10.1 Å². The van der Waals surface area contributed by atoms with E-state index in [1.165, 1.54) is 67.7 Å². The average Bonchev–Trinajstić information content (AvgIpc) is 3.10. The van der Waals surface area contributed by atoms with Gasteiger partial charge in [0, 0.05) is 25.6 Å². The molecule has 1 N–H and O–H groups in total. The van der Waals surface area contributed by atoms with Crippen molar-refractivity contribution in [2.75, 3.05) is 31.6 Å². The Morgan fingerprint density at radius 1 is 0.830 bits per heavy atom. The normalized spacial score (nSPS) is 11.7. The van der Waals surface area contributed by atoms with E-state index < -0.39 is 34.3 Å². The predicted molar refractivity (Wildman–Crippen MR) is 179 cm³/mol. The van der Waals surface area contributed by atoms with E-state index >= 15 is 0 Å². The van der Waals surface area contributed by atoms with Crippen molar-refractivity contribution in [1.82, 2.24) is 10.2 Å². The van der Waals surface area contributed by atoms with Gasteiger partial charge >= 0.3 is 0 Å². The second-order valence-electron chi connectivity index (χ2n) is 10.9. The molecule has 0 aliphatic carbocycles. The second-order valence-corrected chi connectivity index (χ2v) is 12.7. The zero-order valence-electron chi connectivity index (χ0n) is 26.8. The number of unbranched alkanes of at least 4 members (excludes halogenated alkanes) is 1. The predicted octanol–water partition coefficient (Wildman–Crippen LogP) is 5.59. The topological polar surface area (TPSA) is 105 Å². The van der Waals surface area contributed by atoms with Crippen molar-refractivity contribution in [3.05, 3.63) is 120 Å². The number of ether oxygens (including phenoxy) is 2. The van der Waals surface area contributed by atoms with Gasteiger partial charge in [0.15, 0.2) is 11.5 Å². The van der Waals surface area contributed by atoms with Crippen LogP contribution >= 0.6 is 0 Å². The first-order chi connectivity index (χ1) is 22.7. The molecule has 0 aliphatic heterocycles. The number of nitrogens with one attached hydrogen (secondary N) is 1. The number of amides is 2. The monoisotopic (exact) mass is 661 g/mol. The summed E-state index contributed by atoms with van der Waals surface area (Å²) in [6.07, 6.45) is 1.78.